The third-order valence-electron chi connectivity index (χ3n) is 3.23. The minimum absolute atomic E-state index is 0.157. The second-order valence-electron chi connectivity index (χ2n) is 4.35. The summed E-state index contributed by atoms with van der Waals surface area (Å²) in [5, 5.41) is 3.32. The maximum atomic E-state index is 13.1. The number of hydrogen-bond acceptors (Lipinski definition) is 2. The Balaban J connectivity index is 2.02. The van der Waals surface area contributed by atoms with Gasteiger partial charge in [0.1, 0.15) is 5.82 Å². The average molecular weight is 223 g/mol. The first kappa shape index (κ1) is 11.6. The summed E-state index contributed by atoms with van der Waals surface area (Å²) in [7, 11) is 1.98. The van der Waals surface area contributed by atoms with Gasteiger partial charge in [-0.1, -0.05) is 12.1 Å². The maximum Gasteiger partial charge on any atom is 0.123 e. The van der Waals surface area contributed by atoms with Crippen LogP contribution >= 0.6 is 0 Å². The molecule has 88 valence electrons. The molecule has 2 atom stereocenters. The van der Waals surface area contributed by atoms with Crippen molar-refractivity contribution in [2.75, 3.05) is 20.3 Å². The van der Waals surface area contributed by atoms with Crippen LogP contribution in [0.25, 0.3) is 0 Å². The number of hydrogen-bond donors (Lipinski definition) is 1. The molecule has 0 unspecified atom stereocenters. The molecule has 1 aliphatic rings. The summed E-state index contributed by atoms with van der Waals surface area (Å²) >= 11 is 0. The number of rotatable bonds is 3. The van der Waals surface area contributed by atoms with Crippen LogP contribution < -0.4 is 5.32 Å². The summed E-state index contributed by atoms with van der Waals surface area (Å²) in [6.07, 6.45) is 1.92. The summed E-state index contributed by atoms with van der Waals surface area (Å²) < 4.78 is 18.5. The van der Waals surface area contributed by atoms with E-state index in [4.69, 9.17) is 4.74 Å². The fourth-order valence-corrected chi connectivity index (χ4v) is 2.34. The molecule has 1 N–H and O–H groups in total. The highest BCUT2D eigenvalue weighted by Crippen LogP contribution is 2.19. The Bertz CT molecular complexity index is 342. The summed E-state index contributed by atoms with van der Waals surface area (Å²) in [6, 6.07) is 7.32. The molecule has 0 aliphatic carbocycles. The van der Waals surface area contributed by atoms with Crippen LogP contribution in [-0.2, 0) is 11.2 Å². The van der Waals surface area contributed by atoms with E-state index in [1.165, 1.54) is 6.07 Å². The van der Waals surface area contributed by atoms with E-state index in [0.29, 0.717) is 12.0 Å². The number of nitrogens with one attached hydrogen (secondary N) is 1. The van der Waals surface area contributed by atoms with Crippen molar-refractivity contribution in [3.05, 3.63) is 35.6 Å². The van der Waals surface area contributed by atoms with Gasteiger partial charge in [-0.15, -0.1) is 0 Å². The van der Waals surface area contributed by atoms with Crippen LogP contribution in [0.4, 0.5) is 4.39 Å². The van der Waals surface area contributed by atoms with E-state index < -0.39 is 0 Å². The normalized spacial score (nSPS) is 25.6. The van der Waals surface area contributed by atoms with Crippen molar-refractivity contribution in [3.63, 3.8) is 0 Å². The highest BCUT2D eigenvalue weighted by atomic mass is 19.1. The molecule has 0 bridgehead atoms. The molecule has 0 amide bonds. The summed E-state index contributed by atoms with van der Waals surface area (Å²) in [4.78, 5) is 0. The van der Waals surface area contributed by atoms with E-state index in [1.807, 2.05) is 13.1 Å². The molecule has 0 radical (unpaired) electrons. The quantitative estimate of drug-likeness (QED) is 0.846. The smallest absolute Gasteiger partial charge is 0.123 e. The molecule has 1 aromatic carbocycles. The van der Waals surface area contributed by atoms with Crippen LogP contribution in [0, 0.1) is 11.7 Å². The van der Waals surface area contributed by atoms with Crippen molar-refractivity contribution in [1.29, 1.82) is 0 Å². The summed E-state index contributed by atoms with van der Waals surface area (Å²) in [5.41, 5.74) is 1.05. The lowest BCUT2D eigenvalue weighted by molar-refractivity contribution is 0.0342. The van der Waals surface area contributed by atoms with E-state index in [1.54, 1.807) is 12.1 Å². The summed E-state index contributed by atoms with van der Waals surface area (Å²) in [6.45, 7) is 1.59. The van der Waals surface area contributed by atoms with Crippen molar-refractivity contribution in [3.8, 4) is 0 Å². The summed E-state index contributed by atoms with van der Waals surface area (Å²) in [5.74, 6) is 0.288. The van der Waals surface area contributed by atoms with E-state index in [0.717, 1.165) is 31.6 Å². The van der Waals surface area contributed by atoms with Gasteiger partial charge >= 0.3 is 0 Å². The lowest BCUT2D eigenvalue weighted by atomic mass is 9.89. The lowest BCUT2D eigenvalue weighted by Gasteiger charge is -2.31. The van der Waals surface area contributed by atoms with Crippen LogP contribution in [0.3, 0.4) is 0 Å². The van der Waals surface area contributed by atoms with Crippen LogP contribution in [-0.4, -0.2) is 26.3 Å². The topological polar surface area (TPSA) is 21.3 Å². The van der Waals surface area contributed by atoms with Gasteiger partial charge in [0.25, 0.3) is 0 Å². The molecule has 2 rings (SSSR count). The van der Waals surface area contributed by atoms with Crippen molar-refractivity contribution in [2.24, 2.45) is 5.92 Å². The van der Waals surface area contributed by atoms with Crippen molar-refractivity contribution in [2.45, 2.75) is 18.9 Å². The molecule has 1 fully saturated rings. The van der Waals surface area contributed by atoms with Gasteiger partial charge in [0.2, 0.25) is 0 Å². The molecule has 1 aromatic rings. The van der Waals surface area contributed by atoms with Gasteiger partial charge in [0.05, 0.1) is 6.61 Å². The first-order valence-corrected chi connectivity index (χ1v) is 5.79. The third-order valence-corrected chi connectivity index (χ3v) is 3.23. The fraction of sp³-hybridized carbons (Fsp3) is 0.538. The zero-order valence-electron chi connectivity index (χ0n) is 9.58. The Morgan fingerprint density at radius 3 is 3.12 bits per heavy atom. The van der Waals surface area contributed by atoms with Gasteiger partial charge < -0.3 is 10.1 Å². The first-order chi connectivity index (χ1) is 7.79. The monoisotopic (exact) mass is 223 g/mol. The predicted molar refractivity (Wildman–Crippen MR) is 61.9 cm³/mol. The van der Waals surface area contributed by atoms with Gasteiger partial charge in [0, 0.05) is 18.6 Å². The van der Waals surface area contributed by atoms with Crippen molar-refractivity contribution >= 4 is 0 Å². The predicted octanol–water partition coefficient (Wildman–Crippen LogP) is 1.99. The van der Waals surface area contributed by atoms with E-state index in [9.17, 15) is 4.39 Å². The Hall–Kier alpha value is -0.930. The molecule has 1 saturated heterocycles. The average Bonchev–Trinajstić information content (AvgIpc) is 2.30. The second-order valence-corrected chi connectivity index (χ2v) is 4.35. The molecule has 0 saturated carbocycles. The molecule has 2 nitrogen and oxygen atoms in total. The maximum absolute atomic E-state index is 13.1. The van der Waals surface area contributed by atoms with Crippen molar-refractivity contribution < 1.29 is 9.13 Å². The zero-order chi connectivity index (χ0) is 11.4. The highest BCUT2D eigenvalue weighted by Gasteiger charge is 2.24. The molecular formula is C13H18FNO. The standard InChI is InChI=1S/C13H18FNO/c1-15-13-5-6-16-9-11(13)7-10-3-2-4-12(14)8-10/h2-4,8,11,13,15H,5-7,9H2,1H3/t11-,13+/m0/s1. The molecule has 0 spiro atoms. The highest BCUT2D eigenvalue weighted by molar-refractivity contribution is 5.17. The third kappa shape index (κ3) is 2.80. The van der Waals surface area contributed by atoms with E-state index in [-0.39, 0.29) is 5.82 Å². The van der Waals surface area contributed by atoms with Gasteiger partial charge in [-0.3, -0.25) is 0 Å². The van der Waals surface area contributed by atoms with E-state index in [2.05, 4.69) is 5.32 Å². The molecule has 0 aromatic heterocycles. The number of benzene rings is 1. The minimum atomic E-state index is -0.157. The van der Waals surface area contributed by atoms with Gasteiger partial charge in [-0.05, 0) is 37.6 Å². The Morgan fingerprint density at radius 2 is 2.38 bits per heavy atom. The molecule has 16 heavy (non-hydrogen) atoms. The fourth-order valence-electron chi connectivity index (χ4n) is 2.34. The first-order valence-electron chi connectivity index (χ1n) is 5.79. The Morgan fingerprint density at radius 1 is 1.50 bits per heavy atom. The van der Waals surface area contributed by atoms with Crippen LogP contribution in [0.5, 0.6) is 0 Å². The van der Waals surface area contributed by atoms with Gasteiger partial charge in [0.15, 0.2) is 0 Å². The van der Waals surface area contributed by atoms with Gasteiger partial charge in [-0.25, -0.2) is 4.39 Å². The van der Waals surface area contributed by atoms with Gasteiger partial charge in [-0.2, -0.15) is 0 Å². The van der Waals surface area contributed by atoms with Crippen LogP contribution in [0.2, 0.25) is 0 Å². The van der Waals surface area contributed by atoms with E-state index >= 15 is 0 Å². The lowest BCUT2D eigenvalue weighted by Crippen LogP contribution is -2.41. The SMILES string of the molecule is CN[C@@H]1CCOC[C@@H]1Cc1cccc(F)c1. The van der Waals surface area contributed by atoms with Crippen LogP contribution in [0.15, 0.2) is 24.3 Å². The second kappa shape index (κ2) is 5.41. The number of ether oxygens (including phenoxy) is 1. The van der Waals surface area contributed by atoms with Crippen LogP contribution in [0.1, 0.15) is 12.0 Å². The number of halogens is 1. The molecule has 1 aliphatic heterocycles. The largest absolute Gasteiger partial charge is 0.381 e. The Kier molecular flexibility index (Phi) is 3.91. The van der Waals surface area contributed by atoms with Crippen molar-refractivity contribution in [1.82, 2.24) is 5.32 Å². The molecule has 3 heteroatoms. The molecular weight excluding hydrogens is 205 g/mol. The zero-order valence-corrected chi connectivity index (χ0v) is 9.58. The molecule has 1 heterocycles. The Labute approximate surface area is 95.8 Å². The minimum Gasteiger partial charge on any atom is -0.381 e.